The third-order valence-electron chi connectivity index (χ3n) is 2.83. The highest BCUT2D eigenvalue weighted by molar-refractivity contribution is 5.55. The Morgan fingerprint density at radius 1 is 0.895 bits per heavy atom. The maximum absolute atomic E-state index is 12.6. The van der Waals surface area contributed by atoms with Crippen molar-refractivity contribution in [2.75, 3.05) is 5.73 Å². The molecule has 0 aromatic heterocycles. The summed E-state index contributed by atoms with van der Waals surface area (Å²) in [6, 6.07) is 1.17. The van der Waals surface area contributed by atoms with Crippen molar-refractivity contribution in [1.82, 2.24) is 0 Å². The Balaban J connectivity index is 3.62. The highest BCUT2D eigenvalue weighted by atomic mass is 19.4. The van der Waals surface area contributed by atoms with Crippen LogP contribution in [0.15, 0.2) is 12.1 Å². The van der Waals surface area contributed by atoms with E-state index in [0.717, 1.165) is 0 Å². The Morgan fingerprint density at radius 2 is 1.21 bits per heavy atom. The van der Waals surface area contributed by atoms with Crippen LogP contribution in [0, 0.1) is 13.8 Å². The number of aliphatic hydroxyl groups is 1. The lowest BCUT2D eigenvalue weighted by Crippen LogP contribution is -2.54. The summed E-state index contributed by atoms with van der Waals surface area (Å²) < 4.78 is 75.9. The molecule has 1 aromatic carbocycles. The molecule has 0 radical (unpaired) electrons. The number of alkyl halides is 6. The highest BCUT2D eigenvalue weighted by Gasteiger charge is 2.71. The summed E-state index contributed by atoms with van der Waals surface area (Å²) in [6.07, 6.45) is -11.8. The largest absolute Gasteiger partial charge is 0.430 e. The van der Waals surface area contributed by atoms with Crippen molar-refractivity contribution >= 4 is 5.69 Å². The summed E-state index contributed by atoms with van der Waals surface area (Å²) in [6.45, 7) is 2.53. The van der Waals surface area contributed by atoms with Crippen molar-refractivity contribution in [3.63, 3.8) is 0 Å². The first-order chi connectivity index (χ1) is 8.32. The fourth-order valence-electron chi connectivity index (χ4n) is 1.67. The van der Waals surface area contributed by atoms with E-state index in [2.05, 4.69) is 0 Å². The quantitative estimate of drug-likeness (QED) is 0.615. The lowest BCUT2D eigenvalue weighted by atomic mass is 9.89. The number of benzene rings is 1. The van der Waals surface area contributed by atoms with Crippen LogP contribution in [-0.2, 0) is 5.60 Å². The third kappa shape index (κ3) is 2.36. The van der Waals surface area contributed by atoms with E-state index in [9.17, 15) is 31.4 Å². The van der Waals surface area contributed by atoms with Gasteiger partial charge in [0, 0.05) is 11.3 Å². The SMILES string of the molecule is Cc1cc(C(O)(C(F)(F)F)C(F)(F)F)cc(C)c1N. The van der Waals surface area contributed by atoms with E-state index in [4.69, 9.17) is 5.73 Å². The minimum Gasteiger partial charge on any atom is -0.398 e. The van der Waals surface area contributed by atoms with Crippen molar-refractivity contribution in [2.45, 2.75) is 31.8 Å². The molecule has 1 aromatic rings. The first kappa shape index (κ1) is 15.6. The van der Waals surface area contributed by atoms with Gasteiger partial charge in [0.1, 0.15) is 0 Å². The third-order valence-corrected chi connectivity index (χ3v) is 2.83. The van der Waals surface area contributed by atoms with Crippen LogP contribution in [0.4, 0.5) is 32.0 Å². The van der Waals surface area contributed by atoms with Crippen LogP contribution < -0.4 is 5.73 Å². The highest BCUT2D eigenvalue weighted by Crippen LogP contribution is 2.50. The maximum Gasteiger partial charge on any atom is 0.430 e. The zero-order valence-electron chi connectivity index (χ0n) is 9.95. The average Bonchev–Trinajstić information content (AvgIpc) is 2.20. The predicted octanol–water partition coefficient (Wildman–Crippen LogP) is 3.20. The van der Waals surface area contributed by atoms with E-state index in [1.165, 1.54) is 13.8 Å². The monoisotopic (exact) mass is 287 g/mol. The molecule has 0 spiro atoms. The van der Waals surface area contributed by atoms with Gasteiger partial charge in [-0.05, 0) is 25.0 Å². The van der Waals surface area contributed by atoms with Crippen LogP contribution in [0.3, 0.4) is 0 Å². The molecule has 8 heteroatoms. The summed E-state index contributed by atoms with van der Waals surface area (Å²) in [5, 5.41) is 9.20. The lowest BCUT2D eigenvalue weighted by Gasteiger charge is -2.33. The minimum absolute atomic E-state index is 0.0296. The topological polar surface area (TPSA) is 46.2 Å². The number of halogens is 6. The van der Waals surface area contributed by atoms with Gasteiger partial charge in [-0.25, -0.2) is 0 Å². The van der Waals surface area contributed by atoms with Crippen molar-refractivity contribution in [1.29, 1.82) is 0 Å². The smallest absolute Gasteiger partial charge is 0.398 e. The second-order valence-electron chi connectivity index (χ2n) is 4.23. The van der Waals surface area contributed by atoms with Crippen LogP contribution in [0.2, 0.25) is 0 Å². The van der Waals surface area contributed by atoms with Gasteiger partial charge >= 0.3 is 12.4 Å². The molecule has 19 heavy (non-hydrogen) atoms. The fourth-order valence-corrected chi connectivity index (χ4v) is 1.67. The predicted molar refractivity (Wildman–Crippen MR) is 56.3 cm³/mol. The van der Waals surface area contributed by atoms with E-state index in [1.807, 2.05) is 0 Å². The second kappa shape index (κ2) is 4.29. The molecule has 0 aliphatic rings. The van der Waals surface area contributed by atoms with Crippen molar-refractivity contribution in [3.05, 3.63) is 28.8 Å². The average molecular weight is 287 g/mol. The molecule has 108 valence electrons. The van der Waals surface area contributed by atoms with Crippen LogP contribution in [0.25, 0.3) is 0 Å². The molecule has 0 unspecified atom stereocenters. The second-order valence-corrected chi connectivity index (χ2v) is 4.23. The molecule has 3 N–H and O–H groups in total. The van der Waals surface area contributed by atoms with Crippen molar-refractivity contribution < 1.29 is 31.4 Å². The summed E-state index contributed by atoms with van der Waals surface area (Å²) in [4.78, 5) is 0. The molecule has 0 saturated heterocycles. The molecule has 0 saturated carbocycles. The number of aryl methyl sites for hydroxylation is 2. The lowest BCUT2D eigenvalue weighted by molar-refractivity contribution is -0.376. The zero-order valence-corrected chi connectivity index (χ0v) is 9.95. The van der Waals surface area contributed by atoms with Gasteiger partial charge in [-0.1, -0.05) is 12.1 Å². The molecule has 2 nitrogen and oxygen atoms in total. The summed E-state index contributed by atoms with van der Waals surface area (Å²) in [5.41, 5.74) is -0.602. The van der Waals surface area contributed by atoms with Gasteiger partial charge in [-0.15, -0.1) is 0 Å². The van der Waals surface area contributed by atoms with Crippen molar-refractivity contribution in [2.24, 2.45) is 0 Å². The van der Waals surface area contributed by atoms with E-state index >= 15 is 0 Å². The molecule has 1 rings (SSSR count). The van der Waals surface area contributed by atoms with Crippen LogP contribution in [-0.4, -0.2) is 17.5 Å². The molecule has 0 bridgehead atoms. The Morgan fingerprint density at radius 3 is 1.47 bits per heavy atom. The van der Waals surface area contributed by atoms with Gasteiger partial charge in [0.2, 0.25) is 0 Å². The van der Waals surface area contributed by atoms with Gasteiger partial charge in [0.25, 0.3) is 5.60 Å². The number of rotatable bonds is 1. The number of nitrogen functional groups attached to an aromatic ring is 1. The van der Waals surface area contributed by atoms with Gasteiger partial charge in [-0.2, -0.15) is 26.3 Å². The molecule has 0 amide bonds. The van der Waals surface area contributed by atoms with E-state index in [1.54, 1.807) is 0 Å². The molecule has 0 heterocycles. The molecule has 0 aliphatic heterocycles. The molecule has 0 atom stereocenters. The van der Waals surface area contributed by atoms with Crippen LogP contribution in [0.1, 0.15) is 16.7 Å². The van der Waals surface area contributed by atoms with E-state index < -0.39 is 23.5 Å². The Labute approximate surface area is 104 Å². The Kier molecular flexibility index (Phi) is 3.53. The van der Waals surface area contributed by atoms with Crippen molar-refractivity contribution in [3.8, 4) is 0 Å². The summed E-state index contributed by atoms with van der Waals surface area (Å²) in [7, 11) is 0. The van der Waals surface area contributed by atoms with Crippen LogP contribution >= 0.6 is 0 Å². The van der Waals surface area contributed by atoms with Gasteiger partial charge < -0.3 is 10.8 Å². The zero-order chi connectivity index (χ0) is 15.2. The standard InChI is InChI=1S/C11H11F6NO/c1-5-3-7(4-6(2)8(5)18)9(19,10(12,13)14)11(15,16)17/h3-4,19H,18H2,1-2H3. The summed E-state index contributed by atoms with van der Waals surface area (Å²) >= 11 is 0. The normalized spacial score (nSPS) is 13.7. The number of hydrogen-bond donors (Lipinski definition) is 2. The Bertz CT molecular complexity index is 454. The number of nitrogens with two attached hydrogens (primary N) is 1. The summed E-state index contributed by atoms with van der Waals surface area (Å²) in [5.74, 6) is 0. The van der Waals surface area contributed by atoms with E-state index in [-0.39, 0.29) is 16.8 Å². The number of anilines is 1. The molecular formula is C11H11F6NO. The van der Waals surface area contributed by atoms with Gasteiger partial charge in [0.15, 0.2) is 0 Å². The first-order valence-corrected chi connectivity index (χ1v) is 5.05. The minimum atomic E-state index is -5.89. The molecule has 0 aliphatic carbocycles. The molecule has 0 fully saturated rings. The fraction of sp³-hybridized carbons (Fsp3) is 0.455. The number of hydrogen-bond acceptors (Lipinski definition) is 2. The van der Waals surface area contributed by atoms with Crippen LogP contribution in [0.5, 0.6) is 0 Å². The molecular weight excluding hydrogens is 276 g/mol. The maximum atomic E-state index is 12.6. The Hall–Kier alpha value is -1.44. The van der Waals surface area contributed by atoms with Gasteiger partial charge in [0.05, 0.1) is 0 Å². The van der Waals surface area contributed by atoms with E-state index in [0.29, 0.717) is 12.1 Å². The first-order valence-electron chi connectivity index (χ1n) is 5.05. The van der Waals surface area contributed by atoms with Gasteiger partial charge in [-0.3, -0.25) is 0 Å².